The van der Waals surface area contributed by atoms with Crippen LogP contribution < -0.4 is 0 Å². The second kappa shape index (κ2) is 6.77. The third-order valence-corrected chi connectivity index (χ3v) is 5.82. The Morgan fingerprint density at radius 1 is 0.773 bits per heavy atom. The predicted octanol–water partition coefficient (Wildman–Crippen LogP) is 7.30. The van der Waals surface area contributed by atoms with Gasteiger partial charge in [-0.15, -0.1) is 0 Å². The Labute approximate surface area is 139 Å². The molecule has 0 aliphatic heterocycles. The first-order chi connectivity index (χ1) is 9.87. The molecule has 22 heavy (non-hydrogen) atoms. The molecule has 0 heteroatoms. The molecule has 0 aliphatic rings. The Morgan fingerprint density at radius 3 is 1.68 bits per heavy atom. The van der Waals surface area contributed by atoms with E-state index in [4.69, 9.17) is 0 Å². The van der Waals surface area contributed by atoms with Crippen molar-refractivity contribution in [3.8, 4) is 0 Å². The van der Waals surface area contributed by atoms with Gasteiger partial charge in [0.05, 0.1) is 0 Å². The van der Waals surface area contributed by atoms with Crippen LogP contribution in [0.15, 0.2) is 30.3 Å². The molecular formula is C22H38. The molecule has 0 aromatic heterocycles. The molecule has 0 saturated carbocycles. The van der Waals surface area contributed by atoms with E-state index in [0.29, 0.717) is 22.2 Å². The Morgan fingerprint density at radius 2 is 1.27 bits per heavy atom. The lowest BCUT2D eigenvalue weighted by atomic mass is 9.59. The van der Waals surface area contributed by atoms with Crippen molar-refractivity contribution in [2.75, 3.05) is 0 Å². The maximum absolute atomic E-state index is 2.46. The summed E-state index contributed by atoms with van der Waals surface area (Å²) in [6, 6.07) is 11.2. The molecule has 1 unspecified atom stereocenters. The first-order valence-electron chi connectivity index (χ1n) is 8.92. The summed E-state index contributed by atoms with van der Waals surface area (Å²) >= 11 is 0. The van der Waals surface area contributed by atoms with Crippen LogP contribution in [0.3, 0.4) is 0 Å². The number of hydrogen-bond donors (Lipinski definition) is 0. The average Bonchev–Trinajstić information content (AvgIpc) is 2.34. The van der Waals surface area contributed by atoms with Crippen molar-refractivity contribution in [3.05, 3.63) is 35.9 Å². The SMILES string of the molecule is CC(C)CC(C)(C)C(CC(C)(C)C(C)(C)C)c1ccccc1. The van der Waals surface area contributed by atoms with E-state index in [9.17, 15) is 0 Å². The topological polar surface area (TPSA) is 0 Å². The fourth-order valence-corrected chi connectivity index (χ4v) is 3.54. The van der Waals surface area contributed by atoms with E-state index in [1.54, 1.807) is 0 Å². The first-order valence-corrected chi connectivity index (χ1v) is 8.92. The van der Waals surface area contributed by atoms with Crippen LogP contribution >= 0.6 is 0 Å². The van der Waals surface area contributed by atoms with E-state index >= 15 is 0 Å². The molecular weight excluding hydrogens is 264 g/mol. The van der Waals surface area contributed by atoms with Gasteiger partial charge in [-0.05, 0) is 46.5 Å². The molecule has 0 nitrogen and oxygen atoms in total. The van der Waals surface area contributed by atoms with Crippen molar-refractivity contribution in [2.45, 2.75) is 81.1 Å². The van der Waals surface area contributed by atoms with Crippen LogP contribution in [-0.2, 0) is 0 Å². The van der Waals surface area contributed by atoms with Crippen molar-refractivity contribution >= 4 is 0 Å². The summed E-state index contributed by atoms with van der Waals surface area (Å²) < 4.78 is 0. The largest absolute Gasteiger partial charge is 0.0628 e. The van der Waals surface area contributed by atoms with Crippen molar-refractivity contribution in [3.63, 3.8) is 0 Å². The van der Waals surface area contributed by atoms with Crippen molar-refractivity contribution in [1.82, 2.24) is 0 Å². The highest BCUT2D eigenvalue weighted by molar-refractivity contribution is 5.22. The predicted molar refractivity (Wildman–Crippen MR) is 100 cm³/mol. The lowest BCUT2D eigenvalue weighted by Gasteiger charge is -2.46. The zero-order chi connectivity index (χ0) is 17.2. The standard InChI is InChI=1S/C22H38/c1-17(2)15-21(6,7)19(18-13-11-10-12-14-18)16-22(8,9)20(3,4)5/h10-14,17,19H,15-16H2,1-9H3. The summed E-state index contributed by atoms with van der Waals surface area (Å²) in [4.78, 5) is 0. The molecule has 0 fully saturated rings. The first kappa shape index (κ1) is 19.3. The smallest absolute Gasteiger partial charge is 0.0105 e. The van der Waals surface area contributed by atoms with Crippen molar-refractivity contribution in [1.29, 1.82) is 0 Å². The van der Waals surface area contributed by atoms with Gasteiger partial charge in [-0.3, -0.25) is 0 Å². The van der Waals surface area contributed by atoms with Crippen LogP contribution in [0.5, 0.6) is 0 Å². The number of rotatable bonds is 6. The quantitative estimate of drug-likeness (QED) is 0.517. The molecule has 0 aliphatic carbocycles. The van der Waals surface area contributed by atoms with Gasteiger partial charge in [-0.2, -0.15) is 0 Å². The van der Waals surface area contributed by atoms with Gasteiger partial charge in [0.1, 0.15) is 0 Å². The zero-order valence-corrected chi connectivity index (χ0v) is 16.5. The molecule has 1 atom stereocenters. The Balaban J connectivity index is 3.19. The fraction of sp³-hybridized carbons (Fsp3) is 0.727. The molecule has 1 rings (SSSR count). The fourth-order valence-electron chi connectivity index (χ4n) is 3.54. The monoisotopic (exact) mass is 302 g/mol. The summed E-state index contributed by atoms with van der Waals surface area (Å²) in [5.41, 5.74) is 2.44. The van der Waals surface area contributed by atoms with E-state index in [0.717, 1.165) is 5.92 Å². The normalized spacial score (nSPS) is 15.2. The molecule has 1 aromatic carbocycles. The van der Waals surface area contributed by atoms with Gasteiger partial charge in [0.15, 0.2) is 0 Å². The average molecular weight is 303 g/mol. The summed E-state index contributed by atoms with van der Waals surface area (Å²) in [6.07, 6.45) is 2.51. The van der Waals surface area contributed by atoms with E-state index in [-0.39, 0.29) is 0 Å². The van der Waals surface area contributed by atoms with E-state index in [2.05, 4.69) is 92.6 Å². The highest BCUT2D eigenvalue weighted by Gasteiger charge is 2.40. The van der Waals surface area contributed by atoms with Crippen LogP contribution in [0, 0.1) is 22.2 Å². The van der Waals surface area contributed by atoms with Gasteiger partial charge < -0.3 is 0 Å². The van der Waals surface area contributed by atoms with E-state index in [1.807, 2.05) is 0 Å². The Bertz CT molecular complexity index is 443. The Kier molecular flexibility index (Phi) is 5.93. The molecule has 126 valence electrons. The maximum Gasteiger partial charge on any atom is -0.0105 e. The highest BCUT2D eigenvalue weighted by atomic mass is 14.4. The number of benzene rings is 1. The Hall–Kier alpha value is -0.780. The second-order valence-electron chi connectivity index (χ2n) is 9.89. The van der Waals surface area contributed by atoms with Gasteiger partial charge in [-0.25, -0.2) is 0 Å². The summed E-state index contributed by atoms with van der Waals surface area (Å²) in [5.74, 6) is 1.34. The van der Waals surface area contributed by atoms with Gasteiger partial charge in [0, 0.05) is 0 Å². The zero-order valence-electron chi connectivity index (χ0n) is 16.5. The van der Waals surface area contributed by atoms with Crippen LogP contribution in [0.1, 0.15) is 86.6 Å². The lowest BCUT2D eigenvalue weighted by molar-refractivity contribution is 0.0764. The van der Waals surface area contributed by atoms with Gasteiger partial charge in [0.25, 0.3) is 0 Å². The van der Waals surface area contributed by atoms with Gasteiger partial charge >= 0.3 is 0 Å². The minimum absolute atomic E-state index is 0.307. The number of hydrogen-bond acceptors (Lipinski definition) is 0. The summed E-state index contributed by atoms with van der Waals surface area (Å²) in [7, 11) is 0. The van der Waals surface area contributed by atoms with Gasteiger partial charge in [0.2, 0.25) is 0 Å². The summed E-state index contributed by atoms with van der Waals surface area (Å²) in [5, 5.41) is 0. The molecule has 0 bridgehead atoms. The minimum Gasteiger partial charge on any atom is -0.0628 e. The second-order valence-corrected chi connectivity index (χ2v) is 9.89. The molecule has 0 spiro atoms. The maximum atomic E-state index is 2.46. The molecule has 0 N–H and O–H groups in total. The molecule has 0 heterocycles. The highest BCUT2D eigenvalue weighted by Crippen LogP contribution is 2.51. The minimum atomic E-state index is 0.307. The van der Waals surface area contributed by atoms with Crippen LogP contribution in [0.2, 0.25) is 0 Å². The van der Waals surface area contributed by atoms with E-state index in [1.165, 1.54) is 18.4 Å². The van der Waals surface area contributed by atoms with Crippen molar-refractivity contribution in [2.24, 2.45) is 22.2 Å². The van der Waals surface area contributed by atoms with E-state index < -0.39 is 0 Å². The van der Waals surface area contributed by atoms with Gasteiger partial charge in [-0.1, -0.05) is 92.6 Å². The lowest BCUT2D eigenvalue weighted by Crippen LogP contribution is -2.35. The van der Waals surface area contributed by atoms with Crippen LogP contribution in [-0.4, -0.2) is 0 Å². The molecule has 1 aromatic rings. The third-order valence-electron chi connectivity index (χ3n) is 5.82. The molecule has 0 saturated heterocycles. The van der Waals surface area contributed by atoms with Crippen LogP contribution in [0.4, 0.5) is 0 Å². The van der Waals surface area contributed by atoms with Crippen LogP contribution in [0.25, 0.3) is 0 Å². The molecule has 0 radical (unpaired) electrons. The molecule has 0 amide bonds. The summed E-state index contributed by atoms with van der Waals surface area (Å²) in [6.45, 7) is 21.6. The third kappa shape index (κ3) is 4.86. The van der Waals surface area contributed by atoms with Crippen molar-refractivity contribution < 1.29 is 0 Å².